The van der Waals surface area contributed by atoms with Crippen LogP contribution in [0.1, 0.15) is 26.3 Å². The molecular formula is C22H20N2O5S. The van der Waals surface area contributed by atoms with E-state index in [1.807, 2.05) is 6.92 Å². The van der Waals surface area contributed by atoms with Gasteiger partial charge >= 0.3 is 5.97 Å². The first-order valence-corrected chi connectivity index (χ1v) is 10.5. The molecule has 3 aromatic rings. The summed E-state index contributed by atoms with van der Waals surface area (Å²) in [5.41, 5.74) is 2.34. The fourth-order valence-corrected chi connectivity index (χ4v) is 3.72. The first-order chi connectivity index (χ1) is 14.3. The standard InChI is InChI=1S/C22H20N2O5S/c1-15-6-12-20(13-7-15)30(27,28)24-19-5-3-4-17(14-19)21(25)23-18-10-8-16(9-11-18)22(26)29-2/h3-14,24H,1-2H3,(H,23,25). The van der Waals surface area contributed by atoms with Gasteiger partial charge in [0.15, 0.2) is 0 Å². The van der Waals surface area contributed by atoms with Gasteiger partial charge in [-0.2, -0.15) is 0 Å². The monoisotopic (exact) mass is 424 g/mol. The number of anilines is 2. The Kier molecular flexibility index (Phi) is 6.17. The molecule has 0 aromatic heterocycles. The number of carbonyl (C=O) groups is 2. The van der Waals surface area contributed by atoms with Crippen LogP contribution in [-0.2, 0) is 14.8 Å². The van der Waals surface area contributed by atoms with E-state index in [0.717, 1.165) is 5.56 Å². The maximum absolute atomic E-state index is 12.5. The lowest BCUT2D eigenvalue weighted by Crippen LogP contribution is -2.15. The molecule has 30 heavy (non-hydrogen) atoms. The number of rotatable bonds is 6. The molecule has 8 heteroatoms. The number of aryl methyl sites for hydroxylation is 1. The van der Waals surface area contributed by atoms with E-state index in [1.54, 1.807) is 42.5 Å². The fraction of sp³-hybridized carbons (Fsp3) is 0.0909. The van der Waals surface area contributed by atoms with Crippen molar-refractivity contribution in [2.45, 2.75) is 11.8 Å². The zero-order valence-electron chi connectivity index (χ0n) is 16.4. The Morgan fingerprint density at radius 2 is 1.50 bits per heavy atom. The van der Waals surface area contributed by atoms with Crippen molar-refractivity contribution in [2.75, 3.05) is 17.1 Å². The van der Waals surface area contributed by atoms with Crippen molar-refractivity contribution in [2.24, 2.45) is 0 Å². The number of carbonyl (C=O) groups excluding carboxylic acids is 2. The number of esters is 1. The molecule has 0 aliphatic carbocycles. The quantitative estimate of drug-likeness (QED) is 0.586. The van der Waals surface area contributed by atoms with Crippen molar-refractivity contribution in [3.05, 3.63) is 89.5 Å². The van der Waals surface area contributed by atoms with E-state index >= 15 is 0 Å². The second-order valence-corrected chi connectivity index (χ2v) is 8.20. The van der Waals surface area contributed by atoms with Gasteiger partial charge in [-0.3, -0.25) is 9.52 Å². The molecule has 0 atom stereocenters. The molecule has 0 spiro atoms. The van der Waals surface area contributed by atoms with E-state index in [-0.39, 0.29) is 16.1 Å². The summed E-state index contributed by atoms with van der Waals surface area (Å²) in [6.07, 6.45) is 0. The Labute approximate surface area is 174 Å². The van der Waals surface area contributed by atoms with E-state index < -0.39 is 21.9 Å². The summed E-state index contributed by atoms with van der Waals surface area (Å²) in [5.74, 6) is -0.890. The van der Waals surface area contributed by atoms with Crippen LogP contribution in [0.2, 0.25) is 0 Å². The summed E-state index contributed by atoms with van der Waals surface area (Å²) >= 11 is 0. The molecule has 0 saturated heterocycles. The number of methoxy groups -OCH3 is 1. The second-order valence-electron chi connectivity index (χ2n) is 6.52. The average Bonchev–Trinajstić information content (AvgIpc) is 2.74. The highest BCUT2D eigenvalue weighted by molar-refractivity contribution is 7.92. The van der Waals surface area contributed by atoms with Crippen LogP contribution in [0.5, 0.6) is 0 Å². The normalized spacial score (nSPS) is 10.9. The van der Waals surface area contributed by atoms with Gasteiger partial charge in [0.2, 0.25) is 0 Å². The van der Waals surface area contributed by atoms with Crippen molar-refractivity contribution in [1.29, 1.82) is 0 Å². The topological polar surface area (TPSA) is 102 Å². The van der Waals surface area contributed by atoms with Gasteiger partial charge in [-0.25, -0.2) is 13.2 Å². The van der Waals surface area contributed by atoms with Crippen LogP contribution >= 0.6 is 0 Å². The second kappa shape index (κ2) is 8.79. The van der Waals surface area contributed by atoms with Crippen molar-refractivity contribution in [3.8, 4) is 0 Å². The van der Waals surface area contributed by atoms with Crippen LogP contribution in [0.15, 0.2) is 77.7 Å². The van der Waals surface area contributed by atoms with E-state index in [2.05, 4.69) is 14.8 Å². The summed E-state index contributed by atoms with van der Waals surface area (Å²) < 4.78 is 32.2. The van der Waals surface area contributed by atoms with Crippen molar-refractivity contribution in [3.63, 3.8) is 0 Å². The highest BCUT2D eigenvalue weighted by Crippen LogP contribution is 2.19. The maximum atomic E-state index is 12.5. The van der Waals surface area contributed by atoms with Gasteiger partial charge < -0.3 is 10.1 Å². The smallest absolute Gasteiger partial charge is 0.337 e. The number of amides is 1. The Hall–Kier alpha value is -3.65. The molecule has 0 bridgehead atoms. The molecule has 0 radical (unpaired) electrons. The van der Waals surface area contributed by atoms with Crippen molar-refractivity contribution >= 4 is 33.3 Å². The summed E-state index contributed by atoms with van der Waals surface area (Å²) in [6, 6.07) is 18.9. The van der Waals surface area contributed by atoms with E-state index in [4.69, 9.17) is 0 Å². The molecule has 0 saturated carbocycles. The third kappa shape index (κ3) is 5.03. The van der Waals surface area contributed by atoms with E-state index in [1.165, 1.54) is 37.4 Å². The Balaban J connectivity index is 1.73. The minimum absolute atomic E-state index is 0.133. The lowest BCUT2D eigenvalue weighted by atomic mass is 10.1. The molecule has 0 unspecified atom stereocenters. The van der Waals surface area contributed by atoms with Crippen LogP contribution in [-0.4, -0.2) is 27.4 Å². The van der Waals surface area contributed by atoms with Gasteiger partial charge in [-0.15, -0.1) is 0 Å². The largest absolute Gasteiger partial charge is 0.465 e. The van der Waals surface area contributed by atoms with Crippen LogP contribution in [0.25, 0.3) is 0 Å². The summed E-state index contributed by atoms with van der Waals surface area (Å²) in [5, 5.41) is 2.70. The third-order valence-corrected chi connectivity index (χ3v) is 5.67. The molecule has 0 heterocycles. The van der Waals surface area contributed by atoms with Gasteiger partial charge in [-0.1, -0.05) is 23.8 Å². The van der Waals surface area contributed by atoms with Crippen molar-refractivity contribution < 1.29 is 22.7 Å². The van der Waals surface area contributed by atoms with Crippen LogP contribution < -0.4 is 10.0 Å². The Morgan fingerprint density at radius 3 is 2.13 bits per heavy atom. The predicted octanol–water partition coefficient (Wildman–Crippen LogP) is 3.83. The minimum atomic E-state index is -3.77. The Bertz CT molecular complexity index is 1170. The highest BCUT2D eigenvalue weighted by Gasteiger charge is 2.15. The number of benzene rings is 3. The van der Waals surface area contributed by atoms with Crippen LogP contribution in [0.4, 0.5) is 11.4 Å². The zero-order valence-corrected chi connectivity index (χ0v) is 17.2. The molecule has 2 N–H and O–H groups in total. The van der Waals surface area contributed by atoms with Gasteiger partial charge in [0.1, 0.15) is 0 Å². The molecule has 1 amide bonds. The van der Waals surface area contributed by atoms with Gasteiger partial charge in [0, 0.05) is 16.9 Å². The summed E-state index contributed by atoms with van der Waals surface area (Å²) in [7, 11) is -2.48. The molecule has 3 rings (SSSR count). The number of hydrogen-bond donors (Lipinski definition) is 2. The number of ether oxygens (including phenoxy) is 1. The Morgan fingerprint density at radius 1 is 0.833 bits per heavy atom. The van der Waals surface area contributed by atoms with Crippen molar-refractivity contribution in [1.82, 2.24) is 0 Å². The van der Waals surface area contributed by atoms with E-state index in [9.17, 15) is 18.0 Å². The molecule has 0 aliphatic rings. The number of sulfonamides is 1. The molecule has 0 fully saturated rings. The molecule has 0 aliphatic heterocycles. The zero-order chi connectivity index (χ0) is 21.7. The van der Waals surface area contributed by atoms with Crippen LogP contribution in [0, 0.1) is 6.92 Å². The first-order valence-electron chi connectivity index (χ1n) is 8.98. The number of hydrogen-bond acceptors (Lipinski definition) is 5. The molecule has 3 aromatic carbocycles. The van der Waals surface area contributed by atoms with Gasteiger partial charge in [0.25, 0.3) is 15.9 Å². The highest BCUT2D eigenvalue weighted by atomic mass is 32.2. The SMILES string of the molecule is COC(=O)c1ccc(NC(=O)c2cccc(NS(=O)(=O)c3ccc(C)cc3)c2)cc1. The fourth-order valence-electron chi connectivity index (χ4n) is 2.67. The predicted molar refractivity (Wildman–Crippen MR) is 114 cm³/mol. The van der Waals surface area contributed by atoms with Gasteiger partial charge in [-0.05, 0) is 61.5 Å². The van der Waals surface area contributed by atoms with Crippen LogP contribution in [0.3, 0.4) is 0 Å². The lowest BCUT2D eigenvalue weighted by molar-refractivity contribution is 0.0600. The molecular weight excluding hydrogens is 404 g/mol. The van der Waals surface area contributed by atoms with E-state index in [0.29, 0.717) is 11.3 Å². The van der Waals surface area contributed by atoms with Gasteiger partial charge in [0.05, 0.1) is 17.6 Å². The minimum Gasteiger partial charge on any atom is -0.465 e. The first kappa shape index (κ1) is 21.1. The molecule has 7 nitrogen and oxygen atoms in total. The summed E-state index contributed by atoms with van der Waals surface area (Å²) in [4.78, 5) is 24.1. The summed E-state index contributed by atoms with van der Waals surface area (Å²) in [6.45, 7) is 1.87. The third-order valence-electron chi connectivity index (χ3n) is 4.27. The number of nitrogens with one attached hydrogen (secondary N) is 2. The lowest BCUT2D eigenvalue weighted by Gasteiger charge is -2.10. The average molecular weight is 424 g/mol. The molecule has 154 valence electrons. The maximum Gasteiger partial charge on any atom is 0.337 e.